The molecule has 2 N–H and O–H groups in total. The van der Waals surface area contributed by atoms with Crippen molar-refractivity contribution in [3.05, 3.63) is 65.9 Å². The Morgan fingerprint density at radius 1 is 1.07 bits per heavy atom. The second-order valence-electron chi connectivity index (χ2n) is 5.83. The van der Waals surface area contributed by atoms with Crippen LogP contribution >= 0.6 is 0 Å². The van der Waals surface area contributed by atoms with Crippen LogP contribution in [0, 0.1) is 0 Å². The van der Waals surface area contributed by atoms with Gasteiger partial charge in [-0.1, -0.05) is 18.2 Å². The summed E-state index contributed by atoms with van der Waals surface area (Å²) in [5.41, 5.74) is -1.25. The molecule has 0 aliphatic carbocycles. The van der Waals surface area contributed by atoms with Crippen LogP contribution in [0.15, 0.2) is 60.3 Å². The Labute approximate surface area is 157 Å². The van der Waals surface area contributed by atoms with Gasteiger partial charge in [0.05, 0.1) is 13.2 Å². The number of alkyl halides is 3. The van der Waals surface area contributed by atoms with Crippen molar-refractivity contribution in [1.29, 1.82) is 0 Å². The molecule has 0 unspecified atom stereocenters. The standard InChI is InChI=1S/C19H15F3N2O4/c20-19(21,22)14-10-12(6-7-16(14)28-13-4-2-1-3-5-13)23-15-11-17(26)24(8-9-25)18(15)27/h1-7,10-11,23,25H,8-9H2. The van der Waals surface area contributed by atoms with E-state index in [0.717, 1.165) is 23.1 Å². The molecule has 0 fully saturated rings. The maximum atomic E-state index is 13.5. The molecule has 2 amide bonds. The van der Waals surface area contributed by atoms with E-state index < -0.39 is 35.9 Å². The number of hydrogen-bond acceptors (Lipinski definition) is 5. The molecule has 3 rings (SSSR count). The molecule has 0 aromatic heterocycles. The van der Waals surface area contributed by atoms with Crippen LogP contribution in [0.1, 0.15) is 5.56 Å². The second kappa shape index (κ2) is 7.73. The number of carbonyl (C=O) groups excluding carboxylic acids is 2. The van der Waals surface area contributed by atoms with E-state index in [9.17, 15) is 22.8 Å². The summed E-state index contributed by atoms with van der Waals surface area (Å²) < 4.78 is 45.7. The number of amides is 2. The highest BCUT2D eigenvalue weighted by molar-refractivity contribution is 6.17. The van der Waals surface area contributed by atoms with Crippen LogP contribution in [0.3, 0.4) is 0 Å². The minimum atomic E-state index is -4.70. The zero-order valence-corrected chi connectivity index (χ0v) is 14.4. The summed E-state index contributed by atoms with van der Waals surface area (Å²) in [5, 5.41) is 11.4. The molecular formula is C19H15F3N2O4. The lowest BCUT2D eigenvalue weighted by molar-refractivity contribution is -0.139. The number of anilines is 1. The number of nitrogens with one attached hydrogen (secondary N) is 1. The largest absolute Gasteiger partial charge is 0.457 e. The van der Waals surface area contributed by atoms with Gasteiger partial charge < -0.3 is 15.2 Å². The van der Waals surface area contributed by atoms with Crippen LogP contribution in [-0.2, 0) is 15.8 Å². The number of hydrogen-bond donors (Lipinski definition) is 2. The summed E-state index contributed by atoms with van der Waals surface area (Å²) in [5.74, 6) is -1.53. The van der Waals surface area contributed by atoms with E-state index >= 15 is 0 Å². The highest BCUT2D eigenvalue weighted by Crippen LogP contribution is 2.40. The lowest BCUT2D eigenvalue weighted by Gasteiger charge is -2.17. The van der Waals surface area contributed by atoms with Gasteiger partial charge in [0.15, 0.2) is 0 Å². The fourth-order valence-electron chi connectivity index (χ4n) is 2.60. The van der Waals surface area contributed by atoms with Gasteiger partial charge in [-0.3, -0.25) is 14.5 Å². The molecule has 0 radical (unpaired) electrons. The Balaban J connectivity index is 1.87. The Morgan fingerprint density at radius 3 is 2.43 bits per heavy atom. The van der Waals surface area contributed by atoms with Crippen molar-refractivity contribution in [2.45, 2.75) is 6.18 Å². The predicted octanol–water partition coefficient (Wildman–Crippen LogP) is 3.15. The normalized spacial score (nSPS) is 14.3. The van der Waals surface area contributed by atoms with Gasteiger partial charge in [0.2, 0.25) is 0 Å². The minimum absolute atomic E-state index is 0.0361. The van der Waals surface area contributed by atoms with Gasteiger partial charge in [0.1, 0.15) is 22.8 Å². The number of carbonyl (C=O) groups is 2. The number of aliphatic hydroxyl groups excluding tert-OH is 1. The number of halogens is 3. The fraction of sp³-hybridized carbons (Fsp3) is 0.158. The molecule has 6 nitrogen and oxygen atoms in total. The SMILES string of the molecule is O=C1C=C(Nc2ccc(Oc3ccccc3)c(C(F)(F)F)c2)C(=O)N1CCO. The third-order valence-electron chi connectivity index (χ3n) is 3.87. The van der Waals surface area contributed by atoms with Crippen LogP contribution in [-0.4, -0.2) is 35.0 Å². The van der Waals surface area contributed by atoms with Gasteiger partial charge >= 0.3 is 6.18 Å². The molecule has 146 valence electrons. The first-order chi connectivity index (χ1) is 13.3. The van der Waals surface area contributed by atoms with E-state index in [1.165, 1.54) is 18.2 Å². The van der Waals surface area contributed by atoms with Crippen molar-refractivity contribution in [2.75, 3.05) is 18.5 Å². The lowest BCUT2D eigenvalue weighted by atomic mass is 10.1. The zero-order valence-electron chi connectivity index (χ0n) is 14.4. The van der Waals surface area contributed by atoms with Crippen molar-refractivity contribution in [1.82, 2.24) is 4.90 Å². The number of para-hydroxylation sites is 1. The van der Waals surface area contributed by atoms with Crippen molar-refractivity contribution in [2.24, 2.45) is 0 Å². The Morgan fingerprint density at radius 2 is 1.79 bits per heavy atom. The lowest BCUT2D eigenvalue weighted by Crippen LogP contribution is -2.34. The molecular weight excluding hydrogens is 377 g/mol. The van der Waals surface area contributed by atoms with Crippen molar-refractivity contribution in [3.63, 3.8) is 0 Å². The first-order valence-electron chi connectivity index (χ1n) is 8.19. The Bertz CT molecular complexity index is 927. The van der Waals surface area contributed by atoms with Crippen LogP contribution < -0.4 is 10.1 Å². The van der Waals surface area contributed by atoms with E-state index in [0.29, 0.717) is 0 Å². The van der Waals surface area contributed by atoms with Gasteiger partial charge in [0, 0.05) is 11.8 Å². The highest BCUT2D eigenvalue weighted by atomic mass is 19.4. The molecule has 0 atom stereocenters. The minimum Gasteiger partial charge on any atom is -0.457 e. The molecule has 2 aromatic carbocycles. The molecule has 0 bridgehead atoms. The van der Waals surface area contributed by atoms with E-state index in [2.05, 4.69) is 5.32 Å². The van der Waals surface area contributed by atoms with Crippen molar-refractivity contribution >= 4 is 17.5 Å². The highest BCUT2D eigenvalue weighted by Gasteiger charge is 2.36. The quantitative estimate of drug-likeness (QED) is 0.739. The van der Waals surface area contributed by atoms with Crippen LogP contribution in [0.5, 0.6) is 11.5 Å². The molecule has 0 saturated heterocycles. The summed E-state index contributed by atoms with van der Waals surface area (Å²) in [6.07, 6.45) is -3.73. The third-order valence-corrected chi connectivity index (χ3v) is 3.87. The molecule has 0 saturated carbocycles. The third kappa shape index (κ3) is 4.15. The van der Waals surface area contributed by atoms with Gasteiger partial charge in [-0.2, -0.15) is 13.2 Å². The van der Waals surface area contributed by atoms with Crippen LogP contribution in [0.2, 0.25) is 0 Å². The molecule has 1 aliphatic heterocycles. The van der Waals surface area contributed by atoms with E-state index in [1.807, 2.05) is 0 Å². The molecule has 2 aromatic rings. The van der Waals surface area contributed by atoms with Crippen molar-refractivity contribution < 1.29 is 32.6 Å². The number of imide groups is 1. The number of benzene rings is 2. The van der Waals surface area contributed by atoms with Crippen LogP contribution in [0.4, 0.5) is 18.9 Å². The monoisotopic (exact) mass is 392 g/mol. The maximum absolute atomic E-state index is 13.5. The molecule has 28 heavy (non-hydrogen) atoms. The first-order valence-corrected chi connectivity index (χ1v) is 8.19. The number of β-amino-alcohol motifs (C(OH)–C–C–N with tert-alkyl or cyclic N) is 1. The molecule has 1 heterocycles. The summed E-state index contributed by atoms with van der Waals surface area (Å²) in [7, 11) is 0. The topological polar surface area (TPSA) is 78.9 Å². The van der Waals surface area contributed by atoms with Gasteiger partial charge in [0.25, 0.3) is 11.8 Å². The van der Waals surface area contributed by atoms with Gasteiger partial charge in [-0.15, -0.1) is 0 Å². The smallest absolute Gasteiger partial charge is 0.420 e. The van der Waals surface area contributed by atoms with E-state index in [1.54, 1.807) is 18.2 Å². The van der Waals surface area contributed by atoms with E-state index in [4.69, 9.17) is 9.84 Å². The van der Waals surface area contributed by atoms with Crippen molar-refractivity contribution in [3.8, 4) is 11.5 Å². The molecule has 0 spiro atoms. The molecule has 1 aliphatic rings. The van der Waals surface area contributed by atoms with Crippen LogP contribution in [0.25, 0.3) is 0 Å². The summed E-state index contributed by atoms with van der Waals surface area (Å²) >= 11 is 0. The Hall–Kier alpha value is -3.33. The zero-order chi connectivity index (χ0) is 20.3. The fourth-order valence-corrected chi connectivity index (χ4v) is 2.60. The van der Waals surface area contributed by atoms with Gasteiger partial charge in [-0.05, 0) is 30.3 Å². The average molecular weight is 392 g/mol. The summed E-state index contributed by atoms with van der Waals surface area (Å²) in [4.78, 5) is 24.6. The number of nitrogens with zero attached hydrogens (tertiary/aromatic N) is 1. The maximum Gasteiger partial charge on any atom is 0.420 e. The first kappa shape index (κ1) is 19.4. The van der Waals surface area contributed by atoms with E-state index in [-0.39, 0.29) is 23.7 Å². The number of aliphatic hydroxyl groups is 1. The second-order valence-corrected chi connectivity index (χ2v) is 5.83. The number of rotatable bonds is 6. The average Bonchev–Trinajstić information content (AvgIpc) is 2.91. The summed E-state index contributed by atoms with van der Waals surface area (Å²) in [6, 6.07) is 11.2. The van der Waals surface area contributed by atoms with Gasteiger partial charge in [-0.25, -0.2) is 0 Å². The molecule has 9 heteroatoms. The Kier molecular flexibility index (Phi) is 5.36. The number of ether oxygens (including phenoxy) is 1. The predicted molar refractivity (Wildman–Crippen MR) is 93.5 cm³/mol. The summed E-state index contributed by atoms with van der Waals surface area (Å²) in [6.45, 7) is -0.612.